The summed E-state index contributed by atoms with van der Waals surface area (Å²) in [6.07, 6.45) is 3.05. The normalized spacial score (nSPS) is 11.1. The topological polar surface area (TPSA) is 41.3 Å². The summed E-state index contributed by atoms with van der Waals surface area (Å²) in [5.41, 5.74) is 1.06. The summed E-state index contributed by atoms with van der Waals surface area (Å²) < 4.78 is 1.80. The first-order valence-corrected chi connectivity index (χ1v) is 5.08. The maximum absolute atomic E-state index is 8.88. The van der Waals surface area contributed by atoms with Crippen LogP contribution < -0.4 is 0 Å². The number of hydrogen-bond acceptors (Lipinski definition) is 3. The van der Waals surface area contributed by atoms with Gasteiger partial charge < -0.3 is 5.11 Å². The summed E-state index contributed by atoms with van der Waals surface area (Å²) in [6, 6.07) is 2.01. The molecule has 0 bridgehead atoms. The average molecular weight is 197 g/mol. The predicted octanol–water partition coefficient (Wildman–Crippen LogP) is 0.624. The van der Waals surface area contributed by atoms with Crippen LogP contribution in [-0.4, -0.2) is 39.5 Å². The van der Waals surface area contributed by atoms with Crippen LogP contribution in [0.1, 0.15) is 19.0 Å². The van der Waals surface area contributed by atoms with E-state index < -0.39 is 0 Å². The molecule has 1 heterocycles. The molecule has 4 nitrogen and oxygen atoms in total. The van der Waals surface area contributed by atoms with E-state index in [4.69, 9.17) is 5.11 Å². The average Bonchev–Trinajstić information content (AvgIpc) is 2.52. The van der Waals surface area contributed by atoms with Crippen molar-refractivity contribution in [1.82, 2.24) is 14.7 Å². The van der Waals surface area contributed by atoms with Gasteiger partial charge in [0.05, 0.1) is 12.3 Å². The number of aliphatic hydroxyl groups excluding tert-OH is 1. The van der Waals surface area contributed by atoms with E-state index in [2.05, 4.69) is 16.9 Å². The molecule has 0 spiro atoms. The van der Waals surface area contributed by atoms with E-state index in [-0.39, 0.29) is 6.61 Å². The number of nitrogens with zero attached hydrogens (tertiary/aromatic N) is 3. The number of hydrogen-bond donors (Lipinski definition) is 1. The lowest BCUT2D eigenvalue weighted by molar-refractivity contribution is 0.188. The van der Waals surface area contributed by atoms with Crippen molar-refractivity contribution in [3.05, 3.63) is 18.0 Å². The molecule has 1 N–H and O–H groups in total. The molecule has 0 aliphatic carbocycles. The third kappa shape index (κ3) is 3.47. The standard InChI is InChI=1S/C10H19N3O/c1-3-5-13(7-8-14)9-10-4-6-12(2)11-10/h4,6,14H,3,5,7-9H2,1-2H3. The second kappa shape index (κ2) is 5.78. The van der Waals surface area contributed by atoms with E-state index in [1.807, 2.05) is 19.3 Å². The molecule has 0 amide bonds. The van der Waals surface area contributed by atoms with E-state index in [1.165, 1.54) is 0 Å². The predicted molar refractivity (Wildman–Crippen MR) is 55.9 cm³/mol. The lowest BCUT2D eigenvalue weighted by Gasteiger charge is -2.18. The highest BCUT2D eigenvalue weighted by molar-refractivity contribution is 4.98. The highest BCUT2D eigenvalue weighted by Crippen LogP contribution is 2.01. The zero-order valence-electron chi connectivity index (χ0n) is 8.98. The van der Waals surface area contributed by atoms with Crippen molar-refractivity contribution in [3.8, 4) is 0 Å². The van der Waals surface area contributed by atoms with Crippen LogP contribution in [0, 0.1) is 0 Å². The van der Waals surface area contributed by atoms with Crippen LogP contribution in [-0.2, 0) is 13.6 Å². The molecule has 0 unspecified atom stereocenters. The van der Waals surface area contributed by atoms with Gasteiger partial charge in [-0.3, -0.25) is 9.58 Å². The second-order valence-corrected chi connectivity index (χ2v) is 3.48. The van der Waals surface area contributed by atoms with Gasteiger partial charge in [-0.05, 0) is 19.0 Å². The van der Waals surface area contributed by atoms with E-state index in [0.29, 0.717) is 0 Å². The Balaban J connectivity index is 2.46. The van der Waals surface area contributed by atoms with E-state index in [9.17, 15) is 0 Å². The molecule has 0 aliphatic heterocycles. The zero-order valence-corrected chi connectivity index (χ0v) is 8.98. The SMILES string of the molecule is CCCN(CCO)Cc1ccn(C)n1. The molecule has 14 heavy (non-hydrogen) atoms. The summed E-state index contributed by atoms with van der Waals surface area (Å²) in [5, 5.41) is 13.2. The molecular formula is C10H19N3O. The number of aromatic nitrogens is 2. The van der Waals surface area contributed by atoms with Crippen molar-refractivity contribution >= 4 is 0 Å². The Morgan fingerprint density at radius 1 is 1.50 bits per heavy atom. The largest absolute Gasteiger partial charge is 0.395 e. The first kappa shape index (κ1) is 11.2. The molecule has 0 saturated heterocycles. The molecule has 0 radical (unpaired) electrons. The first-order valence-electron chi connectivity index (χ1n) is 5.08. The van der Waals surface area contributed by atoms with Gasteiger partial charge in [0.1, 0.15) is 0 Å². The smallest absolute Gasteiger partial charge is 0.0764 e. The Morgan fingerprint density at radius 3 is 2.79 bits per heavy atom. The van der Waals surface area contributed by atoms with E-state index in [0.717, 1.165) is 31.7 Å². The highest BCUT2D eigenvalue weighted by atomic mass is 16.3. The lowest BCUT2D eigenvalue weighted by Crippen LogP contribution is -2.27. The number of aliphatic hydroxyl groups is 1. The third-order valence-corrected chi connectivity index (χ3v) is 2.11. The van der Waals surface area contributed by atoms with Crippen molar-refractivity contribution in [1.29, 1.82) is 0 Å². The Labute approximate surface area is 85.1 Å². The Morgan fingerprint density at radius 2 is 2.29 bits per heavy atom. The van der Waals surface area contributed by atoms with Crippen molar-refractivity contribution in [2.75, 3.05) is 19.7 Å². The summed E-state index contributed by atoms with van der Waals surface area (Å²) >= 11 is 0. The van der Waals surface area contributed by atoms with Crippen LogP contribution in [0.5, 0.6) is 0 Å². The molecule has 1 aromatic heterocycles. The molecule has 0 atom stereocenters. The summed E-state index contributed by atoms with van der Waals surface area (Å²) in [6.45, 7) is 4.92. The Bertz CT molecular complexity index is 254. The molecule has 0 aromatic carbocycles. The molecule has 4 heteroatoms. The van der Waals surface area contributed by atoms with Gasteiger partial charge in [-0.1, -0.05) is 6.92 Å². The van der Waals surface area contributed by atoms with E-state index >= 15 is 0 Å². The number of aryl methyl sites for hydroxylation is 1. The summed E-state index contributed by atoms with van der Waals surface area (Å²) in [5.74, 6) is 0. The summed E-state index contributed by atoms with van der Waals surface area (Å²) in [7, 11) is 1.92. The lowest BCUT2D eigenvalue weighted by atomic mass is 10.3. The van der Waals surface area contributed by atoms with Gasteiger partial charge in [0.15, 0.2) is 0 Å². The molecule has 80 valence electrons. The van der Waals surface area contributed by atoms with Gasteiger partial charge in [0.25, 0.3) is 0 Å². The van der Waals surface area contributed by atoms with Crippen molar-refractivity contribution in [3.63, 3.8) is 0 Å². The van der Waals surface area contributed by atoms with Crippen LogP contribution in [0.3, 0.4) is 0 Å². The zero-order chi connectivity index (χ0) is 10.4. The van der Waals surface area contributed by atoms with E-state index in [1.54, 1.807) is 4.68 Å². The van der Waals surface area contributed by atoms with Crippen LogP contribution in [0.25, 0.3) is 0 Å². The van der Waals surface area contributed by atoms with Gasteiger partial charge in [-0.25, -0.2) is 0 Å². The maximum Gasteiger partial charge on any atom is 0.0764 e. The summed E-state index contributed by atoms with van der Waals surface area (Å²) in [4.78, 5) is 2.21. The van der Waals surface area contributed by atoms with Gasteiger partial charge in [-0.2, -0.15) is 5.10 Å². The van der Waals surface area contributed by atoms with Gasteiger partial charge in [0, 0.05) is 26.3 Å². The molecule has 1 aromatic rings. The van der Waals surface area contributed by atoms with Crippen LogP contribution in [0.15, 0.2) is 12.3 Å². The van der Waals surface area contributed by atoms with Crippen LogP contribution in [0.4, 0.5) is 0 Å². The van der Waals surface area contributed by atoms with Crippen LogP contribution in [0.2, 0.25) is 0 Å². The molecule has 0 aliphatic rings. The second-order valence-electron chi connectivity index (χ2n) is 3.48. The molecule has 0 saturated carbocycles. The Hall–Kier alpha value is -0.870. The fraction of sp³-hybridized carbons (Fsp3) is 0.700. The minimum Gasteiger partial charge on any atom is -0.395 e. The van der Waals surface area contributed by atoms with Crippen molar-refractivity contribution in [2.45, 2.75) is 19.9 Å². The quantitative estimate of drug-likeness (QED) is 0.727. The van der Waals surface area contributed by atoms with Gasteiger partial charge >= 0.3 is 0 Å². The molecule has 0 fully saturated rings. The first-order chi connectivity index (χ1) is 6.76. The fourth-order valence-corrected chi connectivity index (χ4v) is 1.50. The minimum absolute atomic E-state index is 0.215. The molecular weight excluding hydrogens is 178 g/mol. The minimum atomic E-state index is 0.215. The number of rotatable bonds is 6. The van der Waals surface area contributed by atoms with Gasteiger partial charge in [0.2, 0.25) is 0 Å². The third-order valence-electron chi connectivity index (χ3n) is 2.11. The Kier molecular flexibility index (Phi) is 4.62. The van der Waals surface area contributed by atoms with Crippen LogP contribution >= 0.6 is 0 Å². The van der Waals surface area contributed by atoms with Crippen molar-refractivity contribution < 1.29 is 5.11 Å². The fourth-order valence-electron chi connectivity index (χ4n) is 1.50. The van der Waals surface area contributed by atoms with Crippen molar-refractivity contribution in [2.24, 2.45) is 7.05 Å². The highest BCUT2D eigenvalue weighted by Gasteiger charge is 2.05. The van der Waals surface area contributed by atoms with Gasteiger partial charge in [-0.15, -0.1) is 0 Å². The molecule has 1 rings (SSSR count). The maximum atomic E-state index is 8.88. The monoisotopic (exact) mass is 197 g/mol.